The van der Waals surface area contributed by atoms with Crippen molar-refractivity contribution < 1.29 is 14.7 Å². The molecule has 0 aromatic heterocycles. The first-order valence-corrected chi connectivity index (χ1v) is 9.38. The zero-order valence-corrected chi connectivity index (χ0v) is 16.0. The summed E-state index contributed by atoms with van der Waals surface area (Å²) in [5, 5.41) is 14.7. The Morgan fingerprint density at radius 2 is 1.71 bits per heavy atom. The summed E-state index contributed by atoms with van der Waals surface area (Å²) in [7, 11) is 2.10. The average Bonchev–Trinajstić information content (AvgIpc) is 2.70. The molecule has 1 saturated heterocycles. The fourth-order valence-corrected chi connectivity index (χ4v) is 3.31. The van der Waals surface area contributed by atoms with Gasteiger partial charge >= 0.3 is 11.8 Å². The lowest BCUT2D eigenvalue weighted by molar-refractivity contribution is -0.136. The Labute approximate surface area is 165 Å². The van der Waals surface area contributed by atoms with Crippen LogP contribution in [-0.2, 0) is 9.59 Å². The Balaban J connectivity index is 1.62. The first-order valence-electron chi connectivity index (χ1n) is 9.38. The minimum absolute atomic E-state index is 0.00687. The van der Waals surface area contributed by atoms with Crippen LogP contribution >= 0.6 is 0 Å². The van der Waals surface area contributed by atoms with Gasteiger partial charge in [-0.1, -0.05) is 36.4 Å². The van der Waals surface area contributed by atoms with Crippen LogP contribution in [0.4, 0.5) is 5.69 Å². The van der Waals surface area contributed by atoms with Crippen molar-refractivity contribution in [2.24, 2.45) is 0 Å². The second-order valence-corrected chi connectivity index (χ2v) is 6.98. The molecule has 3 rings (SSSR count). The maximum atomic E-state index is 12.3. The van der Waals surface area contributed by atoms with Crippen molar-refractivity contribution in [3.05, 3.63) is 60.2 Å². The van der Waals surface area contributed by atoms with Crippen molar-refractivity contribution in [1.29, 1.82) is 0 Å². The third-order valence-electron chi connectivity index (χ3n) is 4.93. The number of nitrogens with zero attached hydrogens (tertiary/aromatic N) is 2. The molecule has 3 N–H and O–H groups in total. The summed E-state index contributed by atoms with van der Waals surface area (Å²) in [6, 6.07) is 16.1. The van der Waals surface area contributed by atoms with E-state index >= 15 is 0 Å². The summed E-state index contributed by atoms with van der Waals surface area (Å²) < 4.78 is 0. The quantitative estimate of drug-likeness (QED) is 0.682. The number of likely N-dealkylation sites (N-methyl/N-ethyl adjacent to an activating group) is 1. The predicted octanol–water partition coefficient (Wildman–Crippen LogP) is 1.44. The number of rotatable bonds is 5. The monoisotopic (exact) mass is 382 g/mol. The Morgan fingerprint density at radius 3 is 2.39 bits per heavy atom. The largest absolute Gasteiger partial charge is 0.508 e. The SMILES string of the molecule is CN1CCN([C@H](CNC(=O)C(=O)Nc2cccc(O)c2)c2ccccc2)CC1. The molecule has 7 heteroatoms. The molecule has 0 unspecified atom stereocenters. The molecule has 1 fully saturated rings. The van der Waals surface area contributed by atoms with Crippen molar-refractivity contribution in [1.82, 2.24) is 15.1 Å². The van der Waals surface area contributed by atoms with Crippen molar-refractivity contribution >= 4 is 17.5 Å². The van der Waals surface area contributed by atoms with Crippen LogP contribution in [0.25, 0.3) is 0 Å². The molecule has 148 valence electrons. The normalized spacial score (nSPS) is 16.3. The number of benzene rings is 2. The fraction of sp³-hybridized carbons (Fsp3) is 0.333. The molecule has 1 aliphatic rings. The van der Waals surface area contributed by atoms with Gasteiger partial charge < -0.3 is 20.6 Å². The highest BCUT2D eigenvalue weighted by Crippen LogP contribution is 2.21. The minimum atomic E-state index is -0.754. The van der Waals surface area contributed by atoms with E-state index in [4.69, 9.17) is 0 Å². The number of phenolic OH excluding ortho intramolecular Hbond substituents is 1. The Kier molecular flexibility index (Phi) is 6.62. The first kappa shape index (κ1) is 19.9. The Bertz CT molecular complexity index is 804. The standard InChI is InChI=1S/C21H26N4O3/c1-24-10-12-25(13-11-24)19(16-6-3-2-4-7-16)15-22-20(27)21(28)23-17-8-5-9-18(26)14-17/h2-9,14,19,26H,10-13,15H2,1H3,(H,22,27)(H,23,28)/t19-/m1/s1. The van der Waals surface area contributed by atoms with Gasteiger partial charge in [0.25, 0.3) is 0 Å². The lowest BCUT2D eigenvalue weighted by Gasteiger charge is -2.38. The van der Waals surface area contributed by atoms with Gasteiger partial charge in [-0.3, -0.25) is 14.5 Å². The smallest absolute Gasteiger partial charge is 0.313 e. The summed E-state index contributed by atoms with van der Waals surface area (Å²) >= 11 is 0. The van der Waals surface area contributed by atoms with E-state index in [1.807, 2.05) is 30.3 Å². The molecule has 1 aliphatic heterocycles. The van der Waals surface area contributed by atoms with Crippen LogP contribution in [-0.4, -0.2) is 66.5 Å². The number of carbonyl (C=O) groups excluding carboxylic acids is 2. The summed E-state index contributed by atoms with van der Waals surface area (Å²) in [5.74, 6) is -1.42. The number of aromatic hydroxyl groups is 1. The molecule has 2 aromatic carbocycles. The second kappa shape index (κ2) is 9.34. The predicted molar refractivity (Wildman–Crippen MR) is 108 cm³/mol. The highest BCUT2D eigenvalue weighted by atomic mass is 16.3. The number of hydrogen-bond acceptors (Lipinski definition) is 5. The van der Waals surface area contributed by atoms with E-state index in [2.05, 4.69) is 27.5 Å². The number of nitrogens with one attached hydrogen (secondary N) is 2. The summed E-state index contributed by atoms with van der Waals surface area (Å²) in [6.07, 6.45) is 0. The second-order valence-electron chi connectivity index (χ2n) is 6.98. The molecule has 7 nitrogen and oxygen atoms in total. The van der Waals surface area contributed by atoms with Gasteiger partial charge in [-0.05, 0) is 24.7 Å². The van der Waals surface area contributed by atoms with Crippen molar-refractivity contribution in [3.63, 3.8) is 0 Å². The highest BCUT2D eigenvalue weighted by molar-refractivity contribution is 6.39. The molecule has 0 bridgehead atoms. The van der Waals surface area contributed by atoms with Crippen LogP contribution in [0.5, 0.6) is 5.75 Å². The molecule has 2 aromatic rings. The molecule has 0 aliphatic carbocycles. The number of phenols is 1. The molecule has 2 amide bonds. The van der Waals surface area contributed by atoms with Gasteiger partial charge in [0.15, 0.2) is 0 Å². The van der Waals surface area contributed by atoms with Crippen LogP contribution in [0.15, 0.2) is 54.6 Å². The lowest BCUT2D eigenvalue weighted by Crippen LogP contribution is -2.49. The average molecular weight is 382 g/mol. The molecule has 0 spiro atoms. The van der Waals surface area contributed by atoms with Gasteiger partial charge in [-0.25, -0.2) is 0 Å². The van der Waals surface area contributed by atoms with Crippen molar-refractivity contribution in [2.45, 2.75) is 6.04 Å². The van der Waals surface area contributed by atoms with Gasteiger partial charge in [0.1, 0.15) is 5.75 Å². The topological polar surface area (TPSA) is 84.9 Å². The number of anilines is 1. The summed E-state index contributed by atoms with van der Waals surface area (Å²) in [4.78, 5) is 29.1. The van der Waals surface area contributed by atoms with E-state index in [0.29, 0.717) is 12.2 Å². The van der Waals surface area contributed by atoms with Gasteiger partial charge in [-0.2, -0.15) is 0 Å². The van der Waals surface area contributed by atoms with Crippen LogP contribution < -0.4 is 10.6 Å². The van der Waals surface area contributed by atoms with Gasteiger partial charge in [-0.15, -0.1) is 0 Å². The van der Waals surface area contributed by atoms with E-state index < -0.39 is 11.8 Å². The van der Waals surface area contributed by atoms with E-state index in [9.17, 15) is 14.7 Å². The number of amides is 2. The Hall–Kier alpha value is -2.90. The molecular weight excluding hydrogens is 356 g/mol. The van der Waals surface area contributed by atoms with Crippen LogP contribution in [0.1, 0.15) is 11.6 Å². The molecule has 1 heterocycles. The Morgan fingerprint density at radius 1 is 1.00 bits per heavy atom. The third kappa shape index (κ3) is 5.31. The van der Waals surface area contributed by atoms with E-state index in [-0.39, 0.29) is 11.8 Å². The molecule has 0 radical (unpaired) electrons. The molecule has 1 atom stereocenters. The summed E-state index contributed by atoms with van der Waals surface area (Å²) in [5.41, 5.74) is 1.49. The first-order chi connectivity index (χ1) is 13.5. The van der Waals surface area contributed by atoms with Gasteiger partial charge in [0.2, 0.25) is 0 Å². The van der Waals surface area contributed by atoms with Crippen LogP contribution in [0.2, 0.25) is 0 Å². The van der Waals surface area contributed by atoms with Gasteiger partial charge in [0, 0.05) is 44.5 Å². The highest BCUT2D eigenvalue weighted by Gasteiger charge is 2.25. The van der Waals surface area contributed by atoms with Crippen LogP contribution in [0, 0.1) is 0 Å². The van der Waals surface area contributed by atoms with Crippen molar-refractivity contribution in [2.75, 3.05) is 45.1 Å². The maximum absolute atomic E-state index is 12.3. The zero-order valence-electron chi connectivity index (χ0n) is 16.0. The number of piperazine rings is 1. The number of hydrogen-bond donors (Lipinski definition) is 3. The summed E-state index contributed by atoms with van der Waals surface area (Å²) in [6.45, 7) is 4.09. The van der Waals surface area contributed by atoms with Crippen molar-refractivity contribution in [3.8, 4) is 5.75 Å². The fourth-order valence-electron chi connectivity index (χ4n) is 3.31. The number of carbonyl (C=O) groups is 2. The third-order valence-corrected chi connectivity index (χ3v) is 4.93. The maximum Gasteiger partial charge on any atom is 0.313 e. The molecule has 0 saturated carbocycles. The van der Waals surface area contributed by atoms with E-state index in [1.54, 1.807) is 12.1 Å². The van der Waals surface area contributed by atoms with Crippen LogP contribution in [0.3, 0.4) is 0 Å². The zero-order chi connectivity index (χ0) is 19.9. The van der Waals surface area contributed by atoms with E-state index in [1.165, 1.54) is 12.1 Å². The molecular formula is C21H26N4O3. The molecule has 28 heavy (non-hydrogen) atoms. The lowest BCUT2D eigenvalue weighted by atomic mass is 10.0. The van der Waals surface area contributed by atoms with E-state index in [0.717, 1.165) is 31.7 Å². The minimum Gasteiger partial charge on any atom is -0.508 e. The van der Waals surface area contributed by atoms with Gasteiger partial charge in [0.05, 0.1) is 6.04 Å².